The number of hydrogen-bond donors (Lipinski definition) is 2. The molecule has 8 heteroatoms. The first-order valence-electron chi connectivity index (χ1n) is 8.82. The molecule has 26 heavy (non-hydrogen) atoms. The maximum absolute atomic E-state index is 5.67. The minimum absolute atomic E-state index is 0. The molecule has 0 bridgehead atoms. The van der Waals surface area contributed by atoms with E-state index in [1.165, 1.54) is 17.7 Å². The zero-order chi connectivity index (χ0) is 17.6. The Morgan fingerprint density at radius 3 is 2.69 bits per heavy atom. The third kappa shape index (κ3) is 5.43. The van der Waals surface area contributed by atoms with Gasteiger partial charge in [0, 0.05) is 18.5 Å². The quantitative estimate of drug-likeness (QED) is 0.370. The monoisotopic (exact) mass is 489 g/mol. The fourth-order valence-corrected chi connectivity index (χ4v) is 4.01. The van der Waals surface area contributed by atoms with Crippen molar-refractivity contribution in [3.8, 4) is 0 Å². The van der Waals surface area contributed by atoms with Crippen molar-refractivity contribution in [2.24, 2.45) is 4.99 Å². The number of halogens is 1. The number of aryl methyl sites for hydroxylation is 2. The molecule has 144 valence electrons. The Morgan fingerprint density at radius 1 is 1.35 bits per heavy atom. The van der Waals surface area contributed by atoms with Crippen LogP contribution in [0.15, 0.2) is 27.8 Å². The Balaban J connectivity index is 0.00000243. The van der Waals surface area contributed by atoms with Crippen molar-refractivity contribution in [2.45, 2.75) is 39.3 Å². The average molecular weight is 489 g/mol. The first kappa shape index (κ1) is 21.2. The summed E-state index contributed by atoms with van der Waals surface area (Å²) in [4.78, 5) is 12.6. The van der Waals surface area contributed by atoms with Crippen LogP contribution >= 0.6 is 35.3 Å². The summed E-state index contributed by atoms with van der Waals surface area (Å²) in [5, 5.41) is 7.88. The molecule has 1 aliphatic rings. The number of aliphatic imine (C=N–C) groups is 1. The summed E-state index contributed by atoms with van der Waals surface area (Å²) in [5.74, 6) is 1.80. The molecule has 0 aliphatic carbocycles. The lowest BCUT2D eigenvalue weighted by molar-refractivity contribution is 0.215. The molecule has 2 aromatic rings. The Hall–Kier alpha value is -1.13. The molecule has 0 spiro atoms. The van der Waals surface area contributed by atoms with Crippen molar-refractivity contribution in [1.29, 1.82) is 0 Å². The highest BCUT2D eigenvalue weighted by Gasteiger charge is 2.25. The van der Waals surface area contributed by atoms with Crippen LogP contribution in [0.2, 0.25) is 0 Å². The van der Waals surface area contributed by atoms with Crippen molar-refractivity contribution in [3.63, 3.8) is 0 Å². The summed E-state index contributed by atoms with van der Waals surface area (Å²) in [6.45, 7) is 7.85. The predicted molar refractivity (Wildman–Crippen MR) is 117 cm³/mol. The van der Waals surface area contributed by atoms with Crippen molar-refractivity contribution in [2.75, 3.05) is 26.7 Å². The van der Waals surface area contributed by atoms with Gasteiger partial charge < -0.3 is 15.1 Å². The molecule has 1 unspecified atom stereocenters. The molecular formula is C18H28IN5OS. The van der Waals surface area contributed by atoms with Gasteiger partial charge in [-0.05, 0) is 51.9 Å². The van der Waals surface area contributed by atoms with E-state index in [-0.39, 0.29) is 30.0 Å². The third-order valence-corrected chi connectivity index (χ3v) is 5.69. The molecular weight excluding hydrogens is 461 g/mol. The zero-order valence-electron chi connectivity index (χ0n) is 15.6. The third-order valence-electron chi connectivity index (χ3n) is 4.62. The topological polar surface area (TPSA) is 65.7 Å². The summed E-state index contributed by atoms with van der Waals surface area (Å²) in [5.41, 5.74) is 1.11. The van der Waals surface area contributed by atoms with Crippen LogP contribution in [-0.4, -0.2) is 42.5 Å². The minimum Gasteiger partial charge on any atom is -0.468 e. The Bertz CT molecular complexity index is 675. The second kappa shape index (κ2) is 10.3. The first-order valence-corrected chi connectivity index (χ1v) is 9.64. The number of nitrogens with one attached hydrogen (secondary N) is 2. The molecule has 2 N–H and O–H groups in total. The van der Waals surface area contributed by atoms with E-state index < -0.39 is 0 Å². The van der Waals surface area contributed by atoms with Crippen LogP contribution in [0.1, 0.15) is 40.2 Å². The lowest BCUT2D eigenvalue weighted by Gasteiger charge is -2.26. The molecule has 0 saturated carbocycles. The average Bonchev–Trinajstić information content (AvgIpc) is 3.35. The number of aromatic nitrogens is 1. The number of nitrogens with zero attached hydrogens (tertiary/aromatic N) is 3. The maximum Gasteiger partial charge on any atom is 0.191 e. The minimum atomic E-state index is 0. The standard InChI is InChI=1S/C18H27N5OS.HI/c1-13-14(2)25-17(22-13)12-21-18(19-3)20-11-15(16-7-6-10-24-16)23-8-4-5-9-23;/h6-7,10,15H,4-5,8-9,11-12H2,1-3H3,(H2,19,20,21);1H. The number of likely N-dealkylation sites (tertiary alicyclic amines) is 1. The molecule has 0 radical (unpaired) electrons. The number of furan rings is 1. The Kier molecular flexibility index (Phi) is 8.36. The normalized spacial score (nSPS) is 16.3. The van der Waals surface area contributed by atoms with Crippen LogP contribution in [0.4, 0.5) is 0 Å². The van der Waals surface area contributed by atoms with Gasteiger partial charge in [-0.1, -0.05) is 0 Å². The second-order valence-electron chi connectivity index (χ2n) is 6.33. The SMILES string of the molecule is CN=C(NCc1nc(C)c(C)s1)NCC(c1ccco1)N1CCCC1.I. The van der Waals surface area contributed by atoms with Crippen molar-refractivity contribution in [3.05, 3.63) is 39.7 Å². The molecule has 6 nitrogen and oxygen atoms in total. The lowest BCUT2D eigenvalue weighted by Crippen LogP contribution is -2.42. The summed E-state index contributed by atoms with van der Waals surface area (Å²) >= 11 is 1.73. The molecule has 1 atom stereocenters. The molecule has 3 heterocycles. The zero-order valence-corrected chi connectivity index (χ0v) is 18.8. The largest absolute Gasteiger partial charge is 0.468 e. The summed E-state index contributed by atoms with van der Waals surface area (Å²) in [6, 6.07) is 4.25. The number of thiazole rings is 1. The van der Waals surface area contributed by atoms with Gasteiger partial charge in [-0.25, -0.2) is 4.98 Å². The predicted octanol–water partition coefficient (Wildman–Crippen LogP) is 3.47. The Labute approximate surface area is 176 Å². The number of guanidine groups is 1. The second-order valence-corrected chi connectivity index (χ2v) is 7.62. The Morgan fingerprint density at radius 2 is 2.12 bits per heavy atom. The first-order chi connectivity index (χ1) is 12.2. The summed E-state index contributed by atoms with van der Waals surface area (Å²) in [6.07, 6.45) is 4.26. The van der Waals surface area contributed by atoms with Gasteiger partial charge in [0.15, 0.2) is 5.96 Å². The number of hydrogen-bond acceptors (Lipinski definition) is 5. The van der Waals surface area contributed by atoms with E-state index in [1.54, 1.807) is 24.6 Å². The van der Waals surface area contributed by atoms with E-state index in [0.29, 0.717) is 6.54 Å². The number of rotatable bonds is 6. The van der Waals surface area contributed by atoms with Crippen LogP contribution < -0.4 is 10.6 Å². The van der Waals surface area contributed by atoms with Gasteiger partial charge in [-0.15, -0.1) is 35.3 Å². The van der Waals surface area contributed by atoms with Gasteiger partial charge >= 0.3 is 0 Å². The van der Waals surface area contributed by atoms with E-state index in [2.05, 4.69) is 38.5 Å². The summed E-state index contributed by atoms with van der Waals surface area (Å²) < 4.78 is 5.67. The van der Waals surface area contributed by atoms with Crippen molar-refractivity contribution < 1.29 is 4.42 Å². The lowest BCUT2D eigenvalue weighted by atomic mass is 10.2. The molecule has 1 fully saturated rings. The highest BCUT2D eigenvalue weighted by Crippen LogP contribution is 2.24. The van der Waals surface area contributed by atoms with Gasteiger partial charge in [-0.2, -0.15) is 0 Å². The molecule has 0 amide bonds. The maximum atomic E-state index is 5.67. The smallest absolute Gasteiger partial charge is 0.191 e. The fraction of sp³-hybridized carbons (Fsp3) is 0.556. The van der Waals surface area contributed by atoms with E-state index >= 15 is 0 Å². The van der Waals surface area contributed by atoms with Crippen LogP contribution in [0.5, 0.6) is 0 Å². The van der Waals surface area contributed by atoms with Crippen LogP contribution in [0.25, 0.3) is 0 Å². The highest BCUT2D eigenvalue weighted by molar-refractivity contribution is 14.0. The van der Waals surface area contributed by atoms with Crippen LogP contribution in [-0.2, 0) is 6.54 Å². The van der Waals surface area contributed by atoms with E-state index in [9.17, 15) is 0 Å². The molecule has 3 rings (SSSR count). The molecule has 1 aliphatic heterocycles. The van der Waals surface area contributed by atoms with Gasteiger partial charge in [-0.3, -0.25) is 9.89 Å². The van der Waals surface area contributed by atoms with Gasteiger partial charge in [0.1, 0.15) is 10.8 Å². The fourth-order valence-electron chi connectivity index (χ4n) is 3.13. The van der Waals surface area contributed by atoms with Gasteiger partial charge in [0.05, 0.1) is 24.5 Å². The van der Waals surface area contributed by atoms with E-state index in [1.807, 2.05) is 13.0 Å². The van der Waals surface area contributed by atoms with E-state index in [4.69, 9.17) is 4.42 Å². The molecule has 1 saturated heterocycles. The molecule has 2 aromatic heterocycles. The van der Waals surface area contributed by atoms with E-state index in [0.717, 1.165) is 42.1 Å². The van der Waals surface area contributed by atoms with Crippen molar-refractivity contribution in [1.82, 2.24) is 20.5 Å². The van der Waals surface area contributed by atoms with Gasteiger partial charge in [0.25, 0.3) is 0 Å². The molecule has 0 aromatic carbocycles. The summed E-state index contributed by atoms with van der Waals surface area (Å²) in [7, 11) is 1.80. The van der Waals surface area contributed by atoms with Crippen LogP contribution in [0, 0.1) is 13.8 Å². The van der Waals surface area contributed by atoms with Crippen molar-refractivity contribution >= 4 is 41.3 Å². The van der Waals surface area contributed by atoms with Gasteiger partial charge in [0.2, 0.25) is 0 Å². The highest BCUT2D eigenvalue weighted by atomic mass is 127. The van der Waals surface area contributed by atoms with Crippen LogP contribution in [0.3, 0.4) is 0 Å².